The number of carboxylic acids is 1. The summed E-state index contributed by atoms with van der Waals surface area (Å²) in [6.45, 7) is 0.995. The third-order valence-corrected chi connectivity index (χ3v) is 5.16. The molecule has 8 heteroatoms. The Balaban J connectivity index is 1.82. The van der Waals surface area contributed by atoms with Crippen LogP contribution in [0.4, 0.5) is 20.4 Å². The molecular formula is C24H21F2N3O3. The molecule has 32 heavy (non-hydrogen) atoms. The molecule has 1 heterocycles. The largest absolute Gasteiger partial charge is 0.497 e. The molecule has 0 spiro atoms. The molecule has 0 radical (unpaired) electrons. The average Bonchev–Trinajstić information content (AvgIpc) is 3.10. The SMILES string of the molecule is COc1ccc(Nc2nc3cc(C(=O)O)ccc3n2Cc2ccccc2C(C)(F)F)cc1. The monoisotopic (exact) mass is 437 g/mol. The highest BCUT2D eigenvalue weighted by Gasteiger charge is 2.27. The molecule has 4 rings (SSSR count). The van der Waals surface area contributed by atoms with Gasteiger partial charge in [-0.1, -0.05) is 24.3 Å². The molecule has 0 aliphatic rings. The summed E-state index contributed by atoms with van der Waals surface area (Å²) in [4.78, 5) is 15.9. The maximum atomic E-state index is 14.2. The fourth-order valence-corrected chi connectivity index (χ4v) is 3.58. The lowest BCUT2D eigenvalue weighted by Crippen LogP contribution is -2.14. The molecule has 1 aromatic heterocycles. The van der Waals surface area contributed by atoms with E-state index in [9.17, 15) is 18.7 Å². The Hall–Kier alpha value is -3.94. The van der Waals surface area contributed by atoms with Crippen LogP contribution in [0.2, 0.25) is 0 Å². The standard InChI is InChI=1S/C24H21F2N3O3/c1-24(25,26)19-6-4-3-5-16(19)14-29-21-12-7-15(22(30)31)13-20(21)28-23(29)27-17-8-10-18(32-2)11-9-17/h3-13H,14H2,1-2H3,(H,27,28)(H,30,31). The number of hydrogen-bond donors (Lipinski definition) is 2. The number of ether oxygens (including phenoxy) is 1. The minimum atomic E-state index is -3.01. The maximum Gasteiger partial charge on any atom is 0.335 e. The Morgan fingerprint density at radius 3 is 2.50 bits per heavy atom. The van der Waals surface area contributed by atoms with Gasteiger partial charge in [-0.2, -0.15) is 0 Å². The van der Waals surface area contributed by atoms with Gasteiger partial charge in [-0.3, -0.25) is 0 Å². The lowest BCUT2D eigenvalue weighted by atomic mass is 10.0. The first kappa shape index (κ1) is 21.3. The van der Waals surface area contributed by atoms with Crippen LogP contribution in [-0.2, 0) is 12.5 Å². The summed E-state index contributed by atoms with van der Waals surface area (Å²) >= 11 is 0. The van der Waals surface area contributed by atoms with Gasteiger partial charge < -0.3 is 19.7 Å². The van der Waals surface area contributed by atoms with Gasteiger partial charge >= 0.3 is 5.97 Å². The molecule has 3 aromatic carbocycles. The molecule has 0 saturated heterocycles. The van der Waals surface area contributed by atoms with Crippen molar-refractivity contribution < 1.29 is 23.4 Å². The minimum absolute atomic E-state index is 0.0700. The van der Waals surface area contributed by atoms with Gasteiger partial charge in [-0.05, 0) is 48.0 Å². The number of anilines is 2. The van der Waals surface area contributed by atoms with Crippen LogP contribution in [0.25, 0.3) is 11.0 Å². The lowest BCUT2D eigenvalue weighted by Gasteiger charge is -2.18. The van der Waals surface area contributed by atoms with Crippen molar-refractivity contribution in [3.05, 3.63) is 83.4 Å². The molecule has 0 bridgehead atoms. The summed E-state index contributed by atoms with van der Waals surface area (Å²) in [6, 6.07) is 18.1. The van der Waals surface area contributed by atoms with E-state index >= 15 is 0 Å². The first-order valence-corrected chi connectivity index (χ1v) is 9.87. The quantitative estimate of drug-likeness (QED) is 0.391. The Bertz CT molecular complexity index is 1280. The fourth-order valence-electron chi connectivity index (χ4n) is 3.58. The Kier molecular flexibility index (Phi) is 5.52. The van der Waals surface area contributed by atoms with E-state index in [1.807, 2.05) is 0 Å². The molecule has 6 nitrogen and oxygen atoms in total. The van der Waals surface area contributed by atoms with Crippen molar-refractivity contribution in [2.75, 3.05) is 12.4 Å². The van der Waals surface area contributed by atoms with Crippen LogP contribution in [0, 0.1) is 0 Å². The number of nitrogens with zero attached hydrogens (tertiary/aromatic N) is 2. The molecule has 4 aromatic rings. The number of rotatable bonds is 7. The number of hydrogen-bond acceptors (Lipinski definition) is 4. The Morgan fingerprint density at radius 1 is 1.12 bits per heavy atom. The third-order valence-electron chi connectivity index (χ3n) is 5.16. The zero-order valence-electron chi connectivity index (χ0n) is 17.5. The Labute approximate surface area is 183 Å². The van der Waals surface area contributed by atoms with Crippen molar-refractivity contribution in [3.8, 4) is 5.75 Å². The van der Waals surface area contributed by atoms with E-state index < -0.39 is 11.9 Å². The van der Waals surface area contributed by atoms with Gasteiger partial charge in [-0.15, -0.1) is 0 Å². The molecule has 0 amide bonds. The zero-order valence-corrected chi connectivity index (χ0v) is 17.5. The van der Waals surface area contributed by atoms with Crippen LogP contribution in [0.5, 0.6) is 5.75 Å². The number of carboxylic acid groups (broad SMARTS) is 1. The van der Waals surface area contributed by atoms with Crippen molar-refractivity contribution in [2.45, 2.75) is 19.4 Å². The number of aromatic nitrogens is 2. The molecule has 0 fully saturated rings. The van der Waals surface area contributed by atoms with Crippen LogP contribution in [0.15, 0.2) is 66.7 Å². The number of carbonyl (C=O) groups is 1. The van der Waals surface area contributed by atoms with E-state index in [1.54, 1.807) is 60.2 Å². The van der Waals surface area contributed by atoms with E-state index in [0.29, 0.717) is 28.3 Å². The topological polar surface area (TPSA) is 76.4 Å². The van der Waals surface area contributed by atoms with Crippen molar-refractivity contribution >= 4 is 28.6 Å². The highest BCUT2D eigenvalue weighted by Crippen LogP contribution is 2.32. The van der Waals surface area contributed by atoms with Crippen molar-refractivity contribution in [1.82, 2.24) is 9.55 Å². The van der Waals surface area contributed by atoms with E-state index in [1.165, 1.54) is 18.2 Å². The molecule has 0 atom stereocenters. The average molecular weight is 437 g/mol. The molecular weight excluding hydrogens is 416 g/mol. The molecule has 2 N–H and O–H groups in total. The van der Waals surface area contributed by atoms with E-state index in [4.69, 9.17) is 4.74 Å². The van der Waals surface area contributed by atoms with Crippen molar-refractivity contribution in [1.29, 1.82) is 0 Å². The van der Waals surface area contributed by atoms with E-state index in [-0.39, 0.29) is 17.7 Å². The fraction of sp³-hybridized carbons (Fsp3) is 0.167. The highest BCUT2D eigenvalue weighted by atomic mass is 19.3. The van der Waals surface area contributed by atoms with Crippen LogP contribution in [0.3, 0.4) is 0 Å². The number of nitrogens with one attached hydrogen (secondary N) is 1. The molecule has 0 aliphatic carbocycles. The number of alkyl halides is 2. The van der Waals surface area contributed by atoms with Gasteiger partial charge in [0.1, 0.15) is 5.75 Å². The summed E-state index contributed by atoms with van der Waals surface area (Å²) in [5.41, 5.74) is 2.26. The second-order valence-electron chi connectivity index (χ2n) is 7.43. The first-order valence-electron chi connectivity index (χ1n) is 9.87. The summed E-state index contributed by atoms with van der Waals surface area (Å²) in [6.07, 6.45) is 0. The second kappa shape index (κ2) is 8.30. The van der Waals surface area contributed by atoms with E-state index in [2.05, 4.69) is 10.3 Å². The predicted octanol–water partition coefficient (Wildman–Crippen LogP) is 5.65. The maximum absolute atomic E-state index is 14.2. The van der Waals surface area contributed by atoms with Crippen LogP contribution in [-0.4, -0.2) is 27.7 Å². The lowest BCUT2D eigenvalue weighted by molar-refractivity contribution is 0.0164. The van der Waals surface area contributed by atoms with Gasteiger partial charge in [0.15, 0.2) is 0 Å². The number of methoxy groups -OCH3 is 1. The highest BCUT2D eigenvalue weighted by molar-refractivity contribution is 5.93. The number of benzene rings is 3. The van der Waals surface area contributed by atoms with Gasteiger partial charge in [0.2, 0.25) is 5.95 Å². The van der Waals surface area contributed by atoms with Crippen molar-refractivity contribution in [3.63, 3.8) is 0 Å². The summed E-state index contributed by atoms with van der Waals surface area (Å²) in [7, 11) is 1.57. The van der Waals surface area contributed by atoms with Gasteiger partial charge in [0, 0.05) is 18.2 Å². The smallest absolute Gasteiger partial charge is 0.335 e. The van der Waals surface area contributed by atoms with Gasteiger partial charge in [0.05, 0.1) is 30.3 Å². The number of fused-ring (bicyclic) bond motifs is 1. The second-order valence-corrected chi connectivity index (χ2v) is 7.43. The molecule has 0 aliphatic heterocycles. The normalized spacial score (nSPS) is 11.5. The molecule has 0 saturated carbocycles. The Morgan fingerprint density at radius 2 is 1.84 bits per heavy atom. The third kappa shape index (κ3) is 4.25. The summed E-state index contributed by atoms with van der Waals surface area (Å²) < 4.78 is 35.3. The summed E-state index contributed by atoms with van der Waals surface area (Å²) in [5, 5.41) is 12.5. The number of halogens is 2. The molecule has 0 unspecified atom stereocenters. The van der Waals surface area contributed by atoms with Gasteiger partial charge in [-0.25, -0.2) is 18.6 Å². The van der Waals surface area contributed by atoms with Gasteiger partial charge in [0.25, 0.3) is 5.92 Å². The zero-order chi connectivity index (χ0) is 22.9. The number of imidazole rings is 1. The first-order chi connectivity index (χ1) is 15.3. The van der Waals surface area contributed by atoms with Crippen LogP contribution < -0.4 is 10.1 Å². The van der Waals surface area contributed by atoms with Crippen LogP contribution in [0.1, 0.15) is 28.4 Å². The predicted molar refractivity (Wildman–Crippen MR) is 118 cm³/mol. The van der Waals surface area contributed by atoms with Crippen molar-refractivity contribution in [2.24, 2.45) is 0 Å². The molecule has 164 valence electrons. The number of aromatic carboxylic acids is 1. The minimum Gasteiger partial charge on any atom is -0.497 e. The summed E-state index contributed by atoms with van der Waals surface area (Å²) in [5.74, 6) is -2.98. The van der Waals surface area contributed by atoms with E-state index in [0.717, 1.165) is 12.6 Å². The van der Waals surface area contributed by atoms with Crippen LogP contribution >= 0.6 is 0 Å².